The summed E-state index contributed by atoms with van der Waals surface area (Å²) in [6.45, 7) is 5.95. The summed E-state index contributed by atoms with van der Waals surface area (Å²) >= 11 is 0. The first kappa shape index (κ1) is 22.3. The summed E-state index contributed by atoms with van der Waals surface area (Å²) in [7, 11) is 1.65. The summed E-state index contributed by atoms with van der Waals surface area (Å²) in [5, 5.41) is 0. The molecule has 0 aromatic rings. The van der Waals surface area contributed by atoms with E-state index in [2.05, 4.69) is 6.55 Å². The van der Waals surface area contributed by atoms with E-state index < -0.39 is 8.56 Å². The van der Waals surface area contributed by atoms with Gasteiger partial charge in [-0.05, 0) is 38.4 Å². The van der Waals surface area contributed by atoms with Crippen molar-refractivity contribution in [3.05, 3.63) is 11.8 Å². The van der Waals surface area contributed by atoms with Gasteiger partial charge in [-0.25, -0.2) is 0 Å². The third-order valence-electron chi connectivity index (χ3n) is 4.05. The smallest absolute Gasteiger partial charge is 0.334 e. The van der Waals surface area contributed by atoms with E-state index in [1.807, 2.05) is 13.8 Å². The molecule has 0 aromatic carbocycles. The molecule has 5 heteroatoms. The Morgan fingerprint density at radius 1 is 0.870 bits per heavy atom. The Balaban J connectivity index is 3.37. The van der Waals surface area contributed by atoms with Crippen molar-refractivity contribution in [1.29, 1.82) is 0 Å². The average Bonchev–Trinajstić information content (AvgIpc) is 2.54. The molecule has 0 bridgehead atoms. The van der Waals surface area contributed by atoms with Crippen LogP contribution in [0.4, 0.5) is 0 Å². The molecule has 23 heavy (non-hydrogen) atoms. The SMILES string of the molecule is CO[Si](C)(CCCCCCCCCCC(=O)OC=C(C)C)OC. The highest BCUT2D eigenvalue weighted by molar-refractivity contribution is 6.65. The first-order chi connectivity index (χ1) is 10.9. The van der Waals surface area contributed by atoms with Gasteiger partial charge in [-0.15, -0.1) is 0 Å². The van der Waals surface area contributed by atoms with Gasteiger partial charge in [-0.1, -0.05) is 44.9 Å². The molecule has 0 aliphatic carbocycles. The molecule has 4 nitrogen and oxygen atoms in total. The van der Waals surface area contributed by atoms with Gasteiger partial charge in [0.25, 0.3) is 0 Å². The van der Waals surface area contributed by atoms with Crippen molar-refractivity contribution in [1.82, 2.24) is 0 Å². The lowest BCUT2D eigenvalue weighted by Crippen LogP contribution is -2.35. The molecular weight excluding hydrogens is 308 g/mol. The molecule has 0 rings (SSSR count). The minimum Gasteiger partial charge on any atom is -0.435 e. The fourth-order valence-electron chi connectivity index (χ4n) is 2.31. The fourth-order valence-corrected chi connectivity index (χ4v) is 3.77. The average molecular weight is 345 g/mol. The highest BCUT2D eigenvalue weighted by Crippen LogP contribution is 2.17. The number of carbonyl (C=O) groups is 1. The molecule has 0 saturated heterocycles. The molecule has 0 atom stereocenters. The first-order valence-corrected chi connectivity index (χ1v) is 11.4. The quantitative estimate of drug-likeness (QED) is 0.185. The number of hydrogen-bond acceptors (Lipinski definition) is 4. The second-order valence-electron chi connectivity index (χ2n) is 6.56. The Labute approximate surface area is 143 Å². The number of unbranched alkanes of at least 4 members (excludes halogenated alkanes) is 7. The predicted molar refractivity (Wildman–Crippen MR) is 97.5 cm³/mol. The Bertz CT molecular complexity index is 334. The van der Waals surface area contributed by atoms with Crippen molar-refractivity contribution in [3.8, 4) is 0 Å². The Kier molecular flexibility index (Phi) is 13.4. The van der Waals surface area contributed by atoms with Crippen LogP contribution in [-0.4, -0.2) is 28.7 Å². The van der Waals surface area contributed by atoms with Crippen molar-refractivity contribution < 1.29 is 18.4 Å². The van der Waals surface area contributed by atoms with Crippen molar-refractivity contribution in [3.63, 3.8) is 0 Å². The van der Waals surface area contributed by atoms with E-state index in [1.54, 1.807) is 14.2 Å². The lowest BCUT2D eigenvalue weighted by molar-refractivity contribution is -0.138. The lowest BCUT2D eigenvalue weighted by Gasteiger charge is -2.22. The number of esters is 1. The summed E-state index contributed by atoms with van der Waals surface area (Å²) in [6.07, 6.45) is 11.6. The molecule has 0 spiro atoms. The van der Waals surface area contributed by atoms with Crippen LogP contribution in [0.15, 0.2) is 11.8 Å². The molecule has 136 valence electrons. The summed E-state index contributed by atoms with van der Waals surface area (Å²) in [5.74, 6) is -0.116. The molecule has 0 unspecified atom stereocenters. The Morgan fingerprint density at radius 2 is 1.35 bits per heavy atom. The van der Waals surface area contributed by atoms with Gasteiger partial charge in [0.1, 0.15) is 0 Å². The molecule has 0 heterocycles. The van der Waals surface area contributed by atoms with Gasteiger partial charge in [0.15, 0.2) is 0 Å². The Hall–Kier alpha value is -0.653. The zero-order valence-electron chi connectivity index (χ0n) is 15.8. The van der Waals surface area contributed by atoms with Gasteiger partial charge < -0.3 is 13.6 Å². The summed E-state index contributed by atoms with van der Waals surface area (Å²) < 4.78 is 16.0. The van der Waals surface area contributed by atoms with Crippen LogP contribution in [0.1, 0.15) is 71.6 Å². The number of carbonyl (C=O) groups excluding carboxylic acids is 1. The number of allylic oxidation sites excluding steroid dienone is 1. The van der Waals surface area contributed by atoms with Gasteiger partial charge in [-0.3, -0.25) is 4.79 Å². The number of ether oxygens (including phenoxy) is 1. The van der Waals surface area contributed by atoms with Crippen molar-refractivity contribution >= 4 is 14.5 Å². The maximum Gasteiger partial charge on any atom is 0.334 e. The highest BCUT2D eigenvalue weighted by Gasteiger charge is 2.27. The normalized spacial score (nSPS) is 11.3. The van der Waals surface area contributed by atoms with Crippen LogP contribution in [0.3, 0.4) is 0 Å². The minimum atomic E-state index is -1.86. The zero-order valence-corrected chi connectivity index (χ0v) is 16.8. The van der Waals surface area contributed by atoms with Gasteiger partial charge in [0.2, 0.25) is 0 Å². The molecule has 0 N–H and O–H groups in total. The zero-order chi connectivity index (χ0) is 17.6. The molecule has 0 amide bonds. The monoisotopic (exact) mass is 344 g/mol. The standard InChI is InChI=1S/C18H36O4Si/c1-17(2)16-22-18(19)14-12-10-8-6-7-9-11-13-15-23(5,20-3)21-4/h16H,6-15H2,1-5H3. The van der Waals surface area contributed by atoms with E-state index in [1.165, 1.54) is 44.8 Å². The maximum atomic E-state index is 11.4. The first-order valence-electron chi connectivity index (χ1n) is 8.86. The van der Waals surface area contributed by atoms with E-state index in [4.69, 9.17) is 13.6 Å². The fraction of sp³-hybridized carbons (Fsp3) is 0.833. The molecule has 0 aliphatic heterocycles. The third-order valence-corrected chi connectivity index (χ3v) is 7.04. The predicted octanol–water partition coefficient (Wildman–Crippen LogP) is 5.33. The topological polar surface area (TPSA) is 44.8 Å². The molecule has 0 aromatic heterocycles. The van der Waals surface area contributed by atoms with Gasteiger partial charge >= 0.3 is 14.5 Å². The van der Waals surface area contributed by atoms with Crippen molar-refractivity contribution in [2.75, 3.05) is 14.2 Å². The summed E-state index contributed by atoms with van der Waals surface area (Å²) in [6, 6.07) is 1.08. The lowest BCUT2D eigenvalue weighted by atomic mass is 10.1. The number of hydrogen-bond donors (Lipinski definition) is 0. The minimum absolute atomic E-state index is 0.116. The third kappa shape index (κ3) is 13.5. The van der Waals surface area contributed by atoms with Crippen LogP contribution in [0, 0.1) is 0 Å². The van der Waals surface area contributed by atoms with Gasteiger partial charge in [-0.2, -0.15) is 0 Å². The van der Waals surface area contributed by atoms with Crippen LogP contribution < -0.4 is 0 Å². The highest BCUT2D eigenvalue weighted by atomic mass is 28.4. The van der Waals surface area contributed by atoms with Gasteiger partial charge in [0, 0.05) is 20.6 Å². The molecule has 0 radical (unpaired) electrons. The second kappa shape index (κ2) is 13.8. The maximum absolute atomic E-state index is 11.4. The van der Waals surface area contributed by atoms with Crippen LogP contribution in [-0.2, 0) is 18.4 Å². The van der Waals surface area contributed by atoms with E-state index in [9.17, 15) is 4.79 Å². The molecule has 0 saturated carbocycles. The summed E-state index contributed by atoms with van der Waals surface area (Å²) in [4.78, 5) is 11.4. The second-order valence-corrected chi connectivity index (χ2v) is 10.1. The van der Waals surface area contributed by atoms with Gasteiger partial charge in [0.05, 0.1) is 6.26 Å². The largest absolute Gasteiger partial charge is 0.435 e. The molecular formula is C18H36O4Si. The summed E-state index contributed by atoms with van der Waals surface area (Å²) in [5.41, 5.74) is 1.01. The van der Waals surface area contributed by atoms with Crippen LogP contribution in [0.2, 0.25) is 12.6 Å². The van der Waals surface area contributed by atoms with Crippen LogP contribution in [0.25, 0.3) is 0 Å². The van der Waals surface area contributed by atoms with E-state index in [-0.39, 0.29) is 5.97 Å². The van der Waals surface area contributed by atoms with E-state index in [0.29, 0.717) is 6.42 Å². The Morgan fingerprint density at radius 3 is 1.83 bits per heavy atom. The van der Waals surface area contributed by atoms with Crippen molar-refractivity contribution in [2.24, 2.45) is 0 Å². The molecule has 0 fully saturated rings. The van der Waals surface area contributed by atoms with E-state index >= 15 is 0 Å². The molecule has 0 aliphatic rings. The van der Waals surface area contributed by atoms with Crippen molar-refractivity contribution in [2.45, 2.75) is 84.2 Å². The van der Waals surface area contributed by atoms with E-state index in [0.717, 1.165) is 24.5 Å². The van der Waals surface area contributed by atoms with Crippen LogP contribution >= 0.6 is 0 Å². The number of rotatable bonds is 14. The van der Waals surface area contributed by atoms with Crippen LogP contribution in [0.5, 0.6) is 0 Å².